The van der Waals surface area contributed by atoms with Crippen molar-refractivity contribution in [2.75, 3.05) is 10.6 Å². The molecule has 0 unspecified atom stereocenters. The third-order valence-electron chi connectivity index (χ3n) is 4.21. The molecule has 0 fully saturated rings. The van der Waals surface area contributed by atoms with E-state index in [9.17, 15) is 0 Å². The molecular formula is C24H26N4. The molecule has 1 aromatic heterocycles. The van der Waals surface area contributed by atoms with Crippen molar-refractivity contribution in [3.63, 3.8) is 0 Å². The Hall–Kier alpha value is -3.40. The van der Waals surface area contributed by atoms with E-state index in [0.29, 0.717) is 12.5 Å². The number of anilines is 3. The number of nitrogens with one attached hydrogen (secondary N) is 2. The van der Waals surface area contributed by atoms with Gasteiger partial charge in [0.15, 0.2) is 0 Å². The molecule has 0 saturated heterocycles. The van der Waals surface area contributed by atoms with Gasteiger partial charge < -0.3 is 10.6 Å². The summed E-state index contributed by atoms with van der Waals surface area (Å²) in [6.07, 6.45) is 0. The van der Waals surface area contributed by atoms with Gasteiger partial charge >= 0.3 is 0 Å². The lowest BCUT2D eigenvalue weighted by molar-refractivity contribution is 1.10. The van der Waals surface area contributed by atoms with Crippen LogP contribution >= 0.6 is 0 Å². The van der Waals surface area contributed by atoms with Crippen LogP contribution in [0.15, 0.2) is 78.9 Å². The number of aryl methyl sites for hydroxylation is 1. The molecule has 0 amide bonds. The predicted octanol–water partition coefficient (Wildman–Crippen LogP) is 6.32. The van der Waals surface area contributed by atoms with Crippen molar-refractivity contribution < 1.29 is 0 Å². The maximum Gasteiger partial charge on any atom is 0.229 e. The Kier molecular flexibility index (Phi) is 6.58. The Balaban J connectivity index is 0.00000109. The second-order valence-corrected chi connectivity index (χ2v) is 6.24. The van der Waals surface area contributed by atoms with E-state index in [2.05, 4.69) is 46.8 Å². The van der Waals surface area contributed by atoms with Crippen molar-refractivity contribution in [1.82, 2.24) is 9.97 Å². The van der Waals surface area contributed by atoms with Gasteiger partial charge in [-0.15, -0.1) is 0 Å². The summed E-state index contributed by atoms with van der Waals surface area (Å²) in [6, 6.07) is 26.5. The fourth-order valence-electron chi connectivity index (χ4n) is 2.81. The first-order valence-electron chi connectivity index (χ1n) is 9.66. The lowest BCUT2D eigenvalue weighted by atomic mass is 10.2. The maximum absolute atomic E-state index is 4.70. The Bertz CT molecular complexity index is 1010. The molecule has 1 heterocycles. The summed E-state index contributed by atoms with van der Waals surface area (Å²) in [7, 11) is 0. The zero-order valence-electron chi connectivity index (χ0n) is 16.6. The highest BCUT2D eigenvalue weighted by atomic mass is 15.1. The monoisotopic (exact) mass is 370 g/mol. The third-order valence-corrected chi connectivity index (χ3v) is 4.21. The molecule has 4 nitrogen and oxygen atoms in total. The first kappa shape index (κ1) is 19.4. The minimum absolute atomic E-state index is 0.586. The number of fused-ring (bicyclic) bond motifs is 1. The van der Waals surface area contributed by atoms with Crippen LogP contribution in [0.25, 0.3) is 10.9 Å². The van der Waals surface area contributed by atoms with Gasteiger partial charge in [0.1, 0.15) is 5.82 Å². The number of para-hydroxylation sites is 1. The van der Waals surface area contributed by atoms with Crippen molar-refractivity contribution in [3.8, 4) is 0 Å². The number of rotatable bonds is 5. The fraction of sp³-hybridized carbons (Fsp3) is 0.167. The van der Waals surface area contributed by atoms with E-state index in [0.717, 1.165) is 22.4 Å². The normalized spacial score (nSPS) is 10.1. The molecule has 0 bridgehead atoms. The van der Waals surface area contributed by atoms with Crippen LogP contribution in [0.5, 0.6) is 0 Å². The van der Waals surface area contributed by atoms with Gasteiger partial charge in [0, 0.05) is 17.6 Å². The average molecular weight is 371 g/mol. The Morgan fingerprint density at radius 3 is 2.18 bits per heavy atom. The summed E-state index contributed by atoms with van der Waals surface area (Å²) in [4.78, 5) is 9.35. The molecule has 0 aliphatic carbocycles. The van der Waals surface area contributed by atoms with Crippen LogP contribution in [-0.4, -0.2) is 9.97 Å². The Morgan fingerprint density at radius 2 is 1.43 bits per heavy atom. The van der Waals surface area contributed by atoms with Crippen molar-refractivity contribution in [2.24, 2.45) is 0 Å². The van der Waals surface area contributed by atoms with Crippen LogP contribution in [0.4, 0.5) is 17.5 Å². The molecule has 0 radical (unpaired) electrons. The van der Waals surface area contributed by atoms with Crippen LogP contribution in [0.1, 0.15) is 25.0 Å². The van der Waals surface area contributed by atoms with Gasteiger partial charge in [-0.3, -0.25) is 0 Å². The second-order valence-electron chi connectivity index (χ2n) is 6.24. The minimum atomic E-state index is 0.586. The molecule has 4 aromatic rings. The van der Waals surface area contributed by atoms with Gasteiger partial charge in [0.05, 0.1) is 5.52 Å². The molecule has 2 N–H and O–H groups in total. The quantitative estimate of drug-likeness (QED) is 0.431. The zero-order valence-corrected chi connectivity index (χ0v) is 16.6. The summed E-state index contributed by atoms with van der Waals surface area (Å²) in [5.74, 6) is 1.41. The third kappa shape index (κ3) is 4.86. The summed E-state index contributed by atoms with van der Waals surface area (Å²) in [5, 5.41) is 7.76. The predicted molar refractivity (Wildman–Crippen MR) is 119 cm³/mol. The second kappa shape index (κ2) is 9.51. The van der Waals surface area contributed by atoms with E-state index in [-0.39, 0.29) is 0 Å². The highest BCUT2D eigenvalue weighted by Crippen LogP contribution is 2.24. The van der Waals surface area contributed by atoms with Crippen LogP contribution < -0.4 is 10.6 Å². The first-order valence-corrected chi connectivity index (χ1v) is 9.66. The number of hydrogen-bond acceptors (Lipinski definition) is 4. The molecule has 0 aliphatic heterocycles. The number of hydrogen-bond donors (Lipinski definition) is 2. The van der Waals surface area contributed by atoms with Crippen LogP contribution in [0.2, 0.25) is 0 Å². The van der Waals surface area contributed by atoms with Crippen LogP contribution in [-0.2, 0) is 6.54 Å². The topological polar surface area (TPSA) is 49.8 Å². The molecule has 0 aliphatic rings. The van der Waals surface area contributed by atoms with E-state index in [1.165, 1.54) is 11.1 Å². The van der Waals surface area contributed by atoms with Crippen LogP contribution in [0.3, 0.4) is 0 Å². The molecule has 0 atom stereocenters. The number of nitrogens with zero attached hydrogens (tertiary/aromatic N) is 2. The fourth-order valence-corrected chi connectivity index (χ4v) is 2.81. The summed E-state index contributed by atoms with van der Waals surface area (Å²) < 4.78 is 0. The highest BCUT2D eigenvalue weighted by Gasteiger charge is 2.08. The molecule has 3 aromatic carbocycles. The molecule has 0 saturated carbocycles. The number of benzene rings is 3. The standard InChI is InChI=1S/C22H20N4.C2H6/c1-16-11-13-18(14-12-16)24-22-25-20-10-6-5-9-19(20)21(26-22)23-15-17-7-3-2-4-8-17;1-2/h2-14H,15H2,1H3,(H2,23,24,25,26);1-2H3. The molecule has 28 heavy (non-hydrogen) atoms. The SMILES string of the molecule is CC.Cc1ccc(Nc2nc(NCc3ccccc3)c3ccccc3n2)cc1. The zero-order chi connectivity index (χ0) is 19.8. The van der Waals surface area contributed by atoms with Crippen molar-refractivity contribution in [1.29, 1.82) is 0 Å². The van der Waals surface area contributed by atoms with E-state index in [1.807, 2.05) is 68.4 Å². The van der Waals surface area contributed by atoms with E-state index in [1.54, 1.807) is 0 Å². The Labute approximate surface area is 166 Å². The average Bonchev–Trinajstić information content (AvgIpc) is 2.76. The van der Waals surface area contributed by atoms with E-state index >= 15 is 0 Å². The number of aromatic nitrogens is 2. The van der Waals surface area contributed by atoms with Crippen molar-refractivity contribution in [2.45, 2.75) is 27.3 Å². The molecule has 0 spiro atoms. The van der Waals surface area contributed by atoms with Gasteiger partial charge in [-0.2, -0.15) is 4.98 Å². The molecule has 4 heteroatoms. The van der Waals surface area contributed by atoms with Gasteiger partial charge in [-0.25, -0.2) is 4.98 Å². The van der Waals surface area contributed by atoms with Crippen molar-refractivity contribution >= 4 is 28.4 Å². The minimum Gasteiger partial charge on any atom is -0.365 e. The van der Waals surface area contributed by atoms with E-state index < -0.39 is 0 Å². The first-order chi connectivity index (χ1) is 13.8. The van der Waals surface area contributed by atoms with Gasteiger partial charge in [-0.05, 0) is 36.8 Å². The Morgan fingerprint density at radius 1 is 0.750 bits per heavy atom. The van der Waals surface area contributed by atoms with Gasteiger partial charge in [0.2, 0.25) is 5.95 Å². The van der Waals surface area contributed by atoms with Gasteiger partial charge in [-0.1, -0.05) is 74.0 Å². The summed E-state index contributed by atoms with van der Waals surface area (Å²) >= 11 is 0. The van der Waals surface area contributed by atoms with Gasteiger partial charge in [0.25, 0.3) is 0 Å². The molecular weight excluding hydrogens is 344 g/mol. The molecule has 4 rings (SSSR count). The lowest BCUT2D eigenvalue weighted by Gasteiger charge is -2.12. The van der Waals surface area contributed by atoms with E-state index in [4.69, 9.17) is 4.98 Å². The largest absolute Gasteiger partial charge is 0.365 e. The summed E-state index contributed by atoms with van der Waals surface area (Å²) in [6.45, 7) is 6.79. The highest BCUT2D eigenvalue weighted by molar-refractivity contribution is 5.90. The maximum atomic E-state index is 4.70. The smallest absolute Gasteiger partial charge is 0.229 e. The van der Waals surface area contributed by atoms with Crippen LogP contribution in [0, 0.1) is 6.92 Å². The lowest BCUT2D eigenvalue weighted by Crippen LogP contribution is -2.05. The van der Waals surface area contributed by atoms with Crippen molar-refractivity contribution in [3.05, 3.63) is 90.0 Å². The summed E-state index contributed by atoms with van der Waals surface area (Å²) in [5.41, 5.74) is 4.32. The molecule has 142 valence electrons.